The maximum absolute atomic E-state index is 10.2. The van der Waals surface area contributed by atoms with Crippen LogP contribution >= 0.6 is 0 Å². The van der Waals surface area contributed by atoms with Crippen molar-refractivity contribution in [1.82, 2.24) is 0 Å². The van der Waals surface area contributed by atoms with Crippen molar-refractivity contribution in [2.45, 2.75) is 69.0 Å². The molecule has 2 saturated heterocycles. The third kappa shape index (κ3) is 4.59. The first-order valence-electron chi connectivity index (χ1n) is 7.84. The van der Waals surface area contributed by atoms with Gasteiger partial charge in [-0.15, -0.1) is 0 Å². The molecular weight excluding hydrogens is 312 g/mol. The molecule has 2 unspecified atom stereocenters. The summed E-state index contributed by atoms with van der Waals surface area (Å²) in [5, 5.41) is 48.3. The molecule has 0 radical (unpaired) electrons. The van der Waals surface area contributed by atoms with Crippen LogP contribution in [0.15, 0.2) is 0 Å². The highest BCUT2D eigenvalue weighted by molar-refractivity contribution is 4.87. The van der Waals surface area contributed by atoms with Gasteiger partial charge >= 0.3 is 0 Å². The van der Waals surface area contributed by atoms with Crippen LogP contribution in [0.5, 0.6) is 0 Å². The first kappa shape index (κ1) is 19.0. The number of hydrogen-bond donors (Lipinski definition) is 5. The van der Waals surface area contributed by atoms with Crippen molar-refractivity contribution < 1.29 is 44.5 Å². The molecule has 2 aliphatic rings. The predicted molar refractivity (Wildman–Crippen MR) is 75.2 cm³/mol. The summed E-state index contributed by atoms with van der Waals surface area (Å²) in [7, 11) is 0. The van der Waals surface area contributed by atoms with Gasteiger partial charge in [-0.1, -0.05) is 0 Å². The summed E-state index contributed by atoms with van der Waals surface area (Å²) < 4.78 is 21.8. The molecule has 0 saturated carbocycles. The molecule has 0 aromatic heterocycles. The summed E-state index contributed by atoms with van der Waals surface area (Å²) in [6.45, 7) is 1.35. The Balaban J connectivity index is 1.97. The highest BCUT2D eigenvalue weighted by atomic mass is 16.7. The van der Waals surface area contributed by atoms with Gasteiger partial charge in [0.25, 0.3) is 0 Å². The van der Waals surface area contributed by atoms with Crippen LogP contribution in [0.3, 0.4) is 0 Å². The van der Waals surface area contributed by atoms with Gasteiger partial charge in [0.15, 0.2) is 12.6 Å². The minimum absolute atomic E-state index is 0.0199. The summed E-state index contributed by atoms with van der Waals surface area (Å²) >= 11 is 0. The van der Waals surface area contributed by atoms with Crippen molar-refractivity contribution in [2.75, 3.05) is 19.8 Å². The van der Waals surface area contributed by atoms with Gasteiger partial charge in [0.1, 0.15) is 24.4 Å². The van der Waals surface area contributed by atoms with Gasteiger partial charge in [-0.25, -0.2) is 0 Å². The molecule has 0 aromatic carbocycles. The Morgan fingerprint density at radius 2 is 1.52 bits per heavy atom. The molecular formula is C14H26O9. The molecule has 2 aliphatic heterocycles. The van der Waals surface area contributed by atoms with Crippen LogP contribution < -0.4 is 0 Å². The molecule has 2 fully saturated rings. The van der Waals surface area contributed by atoms with Crippen molar-refractivity contribution in [2.24, 2.45) is 0 Å². The Kier molecular flexibility index (Phi) is 7.14. The zero-order valence-corrected chi connectivity index (χ0v) is 13.0. The van der Waals surface area contributed by atoms with E-state index in [0.717, 1.165) is 0 Å². The molecule has 0 aromatic rings. The van der Waals surface area contributed by atoms with Crippen LogP contribution in [-0.4, -0.2) is 94.6 Å². The first-order chi connectivity index (χ1) is 11.0. The molecule has 2 heterocycles. The number of hydrogen-bond acceptors (Lipinski definition) is 9. The fourth-order valence-corrected chi connectivity index (χ4v) is 2.85. The molecule has 0 aliphatic carbocycles. The molecule has 8 atom stereocenters. The van der Waals surface area contributed by atoms with E-state index >= 15 is 0 Å². The van der Waals surface area contributed by atoms with Crippen molar-refractivity contribution in [1.29, 1.82) is 0 Å². The average Bonchev–Trinajstić information content (AvgIpc) is 2.53. The van der Waals surface area contributed by atoms with Crippen LogP contribution in [0.25, 0.3) is 0 Å². The third-order valence-corrected chi connectivity index (χ3v) is 4.06. The molecule has 0 spiro atoms. The zero-order valence-electron chi connectivity index (χ0n) is 13.0. The van der Waals surface area contributed by atoms with Crippen molar-refractivity contribution in [3.63, 3.8) is 0 Å². The summed E-state index contributed by atoms with van der Waals surface area (Å²) in [5.41, 5.74) is 0. The number of rotatable bonds is 6. The van der Waals surface area contributed by atoms with E-state index in [2.05, 4.69) is 0 Å². The number of aliphatic hydroxyl groups is 5. The molecule has 9 heteroatoms. The number of ether oxygens (including phenoxy) is 4. The van der Waals surface area contributed by atoms with E-state index in [9.17, 15) is 20.4 Å². The Labute approximate surface area is 134 Å². The van der Waals surface area contributed by atoms with Crippen LogP contribution in [-0.2, 0) is 18.9 Å². The minimum Gasteiger partial charge on any atom is -0.394 e. The molecule has 0 amide bonds. The van der Waals surface area contributed by atoms with Gasteiger partial charge in [0, 0.05) is 19.4 Å². The van der Waals surface area contributed by atoms with Gasteiger partial charge in [-0.3, -0.25) is 0 Å². The lowest BCUT2D eigenvalue weighted by Gasteiger charge is -2.42. The second kappa shape index (κ2) is 8.65. The van der Waals surface area contributed by atoms with Crippen molar-refractivity contribution >= 4 is 0 Å². The lowest BCUT2D eigenvalue weighted by Crippen LogP contribution is -2.56. The summed E-state index contributed by atoms with van der Waals surface area (Å²) in [5.74, 6) is 0. The SMILES string of the molecule is CCO[C@@H]1C[C@@H](O)[C@H](O[C@@H]2CC(O)[C@H](O)[C@@H](CO)O2)C(CO)O1. The van der Waals surface area contributed by atoms with Crippen molar-refractivity contribution in [3.8, 4) is 0 Å². The lowest BCUT2D eigenvalue weighted by atomic mass is 10.00. The highest BCUT2D eigenvalue weighted by Crippen LogP contribution is 2.28. The summed E-state index contributed by atoms with van der Waals surface area (Å²) in [6, 6.07) is 0. The number of aliphatic hydroxyl groups excluding tert-OH is 5. The van der Waals surface area contributed by atoms with Gasteiger partial charge in [-0.2, -0.15) is 0 Å². The zero-order chi connectivity index (χ0) is 17.0. The van der Waals surface area contributed by atoms with Gasteiger partial charge in [0.2, 0.25) is 0 Å². The minimum atomic E-state index is -1.21. The molecule has 136 valence electrons. The van der Waals surface area contributed by atoms with Gasteiger partial charge in [-0.05, 0) is 6.92 Å². The van der Waals surface area contributed by atoms with E-state index in [1.54, 1.807) is 6.92 Å². The van der Waals surface area contributed by atoms with Crippen LogP contribution in [0.2, 0.25) is 0 Å². The van der Waals surface area contributed by atoms with Crippen LogP contribution in [0.1, 0.15) is 19.8 Å². The fourth-order valence-electron chi connectivity index (χ4n) is 2.85. The lowest BCUT2D eigenvalue weighted by molar-refractivity contribution is -0.320. The first-order valence-corrected chi connectivity index (χ1v) is 7.84. The topological polar surface area (TPSA) is 138 Å². The normalized spacial score (nSPS) is 45.1. The van der Waals surface area contributed by atoms with E-state index in [0.29, 0.717) is 6.61 Å². The Bertz CT molecular complexity index is 355. The molecule has 0 bridgehead atoms. The highest BCUT2D eigenvalue weighted by Gasteiger charge is 2.43. The van der Waals surface area contributed by atoms with E-state index < -0.39 is 55.8 Å². The van der Waals surface area contributed by atoms with Gasteiger partial charge < -0.3 is 44.5 Å². The molecule has 2 rings (SSSR count). The fraction of sp³-hybridized carbons (Fsp3) is 1.00. The van der Waals surface area contributed by atoms with Gasteiger partial charge in [0.05, 0.1) is 25.4 Å². The quantitative estimate of drug-likeness (QED) is 0.362. The smallest absolute Gasteiger partial charge is 0.161 e. The maximum Gasteiger partial charge on any atom is 0.161 e. The second-order valence-corrected chi connectivity index (χ2v) is 5.73. The largest absolute Gasteiger partial charge is 0.394 e. The summed E-state index contributed by atoms with van der Waals surface area (Å²) in [6.07, 6.45) is -7.33. The van der Waals surface area contributed by atoms with E-state index in [1.165, 1.54) is 0 Å². The van der Waals surface area contributed by atoms with E-state index in [1.807, 2.05) is 0 Å². The van der Waals surface area contributed by atoms with Crippen LogP contribution in [0.4, 0.5) is 0 Å². The maximum atomic E-state index is 10.2. The monoisotopic (exact) mass is 338 g/mol. The van der Waals surface area contributed by atoms with Crippen molar-refractivity contribution in [3.05, 3.63) is 0 Å². The summed E-state index contributed by atoms with van der Waals surface area (Å²) in [4.78, 5) is 0. The average molecular weight is 338 g/mol. The standard InChI is InChI=1S/C14H26O9/c1-2-20-11-4-8(18)14(10(6-16)22-11)23-12-3-7(17)13(19)9(5-15)21-12/h7-19H,2-6H2,1H3/t7?,8-,9-,10?,11+,12-,13+,14+/m1/s1. The molecule has 23 heavy (non-hydrogen) atoms. The molecule has 5 N–H and O–H groups in total. The van der Waals surface area contributed by atoms with E-state index in [-0.39, 0.29) is 19.4 Å². The molecule has 9 nitrogen and oxygen atoms in total. The Morgan fingerprint density at radius 1 is 0.913 bits per heavy atom. The third-order valence-electron chi connectivity index (χ3n) is 4.06. The Hall–Kier alpha value is -0.360. The Morgan fingerprint density at radius 3 is 2.13 bits per heavy atom. The predicted octanol–water partition coefficient (Wildman–Crippen LogP) is -2.29. The van der Waals surface area contributed by atoms with E-state index in [4.69, 9.17) is 24.1 Å². The van der Waals surface area contributed by atoms with Crippen LogP contribution in [0, 0.1) is 0 Å². The second-order valence-electron chi connectivity index (χ2n) is 5.73.